The molecule has 4 aliphatic rings. The van der Waals surface area contributed by atoms with Crippen molar-refractivity contribution in [2.24, 2.45) is 17.8 Å². The van der Waals surface area contributed by atoms with Crippen LogP contribution in [0.3, 0.4) is 0 Å². The summed E-state index contributed by atoms with van der Waals surface area (Å²) in [5, 5.41) is 0. The lowest BCUT2D eigenvalue weighted by molar-refractivity contribution is -0.153. The van der Waals surface area contributed by atoms with E-state index >= 15 is 0 Å². The normalized spacial score (nSPS) is 29.0. The number of methoxy groups -OCH3 is 1. The lowest BCUT2D eigenvalue weighted by Crippen LogP contribution is -2.61. The first-order valence-electron chi connectivity index (χ1n) is 11.1. The van der Waals surface area contributed by atoms with Crippen LogP contribution in [-0.2, 0) is 17.9 Å². The minimum Gasteiger partial charge on any atom is -0.497 e. The number of carbonyl (C=O) groups is 1. The molecule has 0 spiro atoms. The fourth-order valence-electron chi connectivity index (χ4n) is 6.69. The summed E-state index contributed by atoms with van der Waals surface area (Å²) in [5.74, 6) is 3.10. The molecule has 0 unspecified atom stereocenters. The van der Waals surface area contributed by atoms with Gasteiger partial charge in [0.2, 0.25) is 5.91 Å². The minimum absolute atomic E-state index is 0.0491. The molecule has 30 heavy (non-hydrogen) atoms. The van der Waals surface area contributed by atoms with Gasteiger partial charge < -0.3 is 14.2 Å². The van der Waals surface area contributed by atoms with Gasteiger partial charge in [0.1, 0.15) is 12.3 Å². The predicted octanol–water partition coefficient (Wildman–Crippen LogP) is 3.85. The molecule has 0 radical (unpaired) electrons. The van der Waals surface area contributed by atoms with Crippen LogP contribution in [0.2, 0.25) is 0 Å². The highest BCUT2D eigenvalue weighted by molar-refractivity contribution is 5.77. The quantitative estimate of drug-likeness (QED) is 0.732. The lowest BCUT2D eigenvalue weighted by Gasteiger charge is -2.60. The number of pyridine rings is 1. The Balaban J connectivity index is 1.48. The van der Waals surface area contributed by atoms with Gasteiger partial charge >= 0.3 is 0 Å². The molecule has 2 aromatic rings. The molecule has 0 N–H and O–H groups in total. The summed E-state index contributed by atoms with van der Waals surface area (Å²) in [4.78, 5) is 28.0. The molecule has 4 saturated carbocycles. The van der Waals surface area contributed by atoms with E-state index < -0.39 is 0 Å². The fraction of sp³-hybridized carbons (Fsp3) is 0.520. The molecule has 1 heterocycles. The molecule has 0 atom stereocenters. The van der Waals surface area contributed by atoms with Gasteiger partial charge in [-0.1, -0.05) is 18.2 Å². The first kappa shape index (κ1) is 19.4. The summed E-state index contributed by atoms with van der Waals surface area (Å²) in [6.45, 7) is 0.676. The molecular formula is C25H30N2O3. The van der Waals surface area contributed by atoms with Crippen LogP contribution in [0.4, 0.5) is 0 Å². The van der Waals surface area contributed by atoms with E-state index in [9.17, 15) is 9.59 Å². The number of ether oxygens (including phenoxy) is 1. The summed E-state index contributed by atoms with van der Waals surface area (Å²) in [5.41, 5.74) is 0.893. The van der Waals surface area contributed by atoms with Crippen LogP contribution in [-0.4, -0.2) is 28.0 Å². The second kappa shape index (κ2) is 7.60. The van der Waals surface area contributed by atoms with Crippen molar-refractivity contribution in [3.8, 4) is 5.75 Å². The number of carbonyl (C=O) groups excluding carboxylic acids is 1. The number of amides is 1. The van der Waals surface area contributed by atoms with E-state index in [-0.39, 0.29) is 23.6 Å². The van der Waals surface area contributed by atoms with Crippen molar-refractivity contribution in [1.29, 1.82) is 0 Å². The third-order valence-corrected chi connectivity index (χ3v) is 7.56. The van der Waals surface area contributed by atoms with Crippen molar-refractivity contribution in [2.45, 2.75) is 57.2 Å². The van der Waals surface area contributed by atoms with Gasteiger partial charge in [-0.15, -0.1) is 0 Å². The highest BCUT2D eigenvalue weighted by Crippen LogP contribution is 2.58. The van der Waals surface area contributed by atoms with Crippen molar-refractivity contribution in [3.63, 3.8) is 0 Å². The number of benzene rings is 1. The number of aromatic nitrogens is 1. The van der Waals surface area contributed by atoms with E-state index in [4.69, 9.17) is 4.74 Å². The Kier molecular flexibility index (Phi) is 4.92. The Bertz CT molecular complexity index is 960. The Labute approximate surface area is 177 Å². The Morgan fingerprint density at radius 3 is 2.40 bits per heavy atom. The topological polar surface area (TPSA) is 51.5 Å². The van der Waals surface area contributed by atoms with Crippen LogP contribution in [0.5, 0.6) is 5.75 Å². The van der Waals surface area contributed by atoms with Gasteiger partial charge in [-0.05, 0) is 80.0 Å². The second-order valence-corrected chi connectivity index (χ2v) is 9.64. The van der Waals surface area contributed by atoms with Gasteiger partial charge in [-0.25, -0.2) is 0 Å². The molecule has 1 aromatic heterocycles. The monoisotopic (exact) mass is 406 g/mol. The maximum Gasteiger partial charge on any atom is 0.250 e. The van der Waals surface area contributed by atoms with E-state index in [1.807, 2.05) is 24.3 Å². The molecule has 1 aromatic carbocycles. The summed E-state index contributed by atoms with van der Waals surface area (Å²) in [6.07, 6.45) is 9.04. The highest BCUT2D eigenvalue weighted by atomic mass is 16.5. The van der Waals surface area contributed by atoms with Crippen molar-refractivity contribution >= 4 is 5.91 Å². The molecule has 5 nitrogen and oxygen atoms in total. The van der Waals surface area contributed by atoms with Crippen LogP contribution < -0.4 is 10.3 Å². The van der Waals surface area contributed by atoms with Gasteiger partial charge in [0.05, 0.1) is 7.11 Å². The van der Waals surface area contributed by atoms with Crippen molar-refractivity contribution in [1.82, 2.24) is 9.47 Å². The third kappa shape index (κ3) is 3.55. The van der Waals surface area contributed by atoms with Gasteiger partial charge in [-0.2, -0.15) is 0 Å². The highest BCUT2D eigenvalue weighted by Gasteiger charge is 2.54. The van der Waals surface area contributed by atoms with Gasteiger partial charge in [0, 0.05) is 24.3 Å². The summed E-state index contributed by atoms with van der Waals surface area (Å²) in [6, 6.07) is 13.1. The molecule has 5 heteroatoms. The van der Waals surface area contributed by atoms with Crippen LogP contribution in [0, 0.1) is 17.8 Å². The molecule has 4 bridgehead atoms. The maximum atomic E-state index is 13.7. The second-order valence-electron chi connectivity index (χ2n) is 9.64. The first-order chi connectivity index (χ1) is 14.5. The van der Waals surface area contributed by atoms with Crippen LogP contribution >= 0.6 is 0 Å². The molecule has 6 rings (SSSR count). The van der Waals surface area contributed by atoms with E-state index in [0.29, 0.717) is 6.54 Å². The van der Waals surface area contributed by atoms with Crippen molar-refractivity contribution in [3.05, 3.63) is 64.6 Å². The predicted molar refractivity (Wildman–Crippen MR) is 115 cm³/mol. The number of nitrogens with zero attached hydrogens (tertiary/aromatic N) is 2. The summed E-state index contributed by atoms with van der Waals surface area (Å²) in [7, 11) is 1.67. The van der Waals surface area contributed by atoms with Crippen LogP contribution in [0.1, 0.15) is 44.1 Å². The molecule has 158 valence electrons. The lowest BCUT2D eigenvalue weighted by atomic mass is 9.52. The van der Waals surface area contributed by atoms with Crippen molar-refractivity contribution < 1.29 is 9.53 Å². The first-order valence-corrected chi connectivity index (χ1v) is 11.1. The average molecular weight is 407 g/mol. The van der Waals surface area contributed by atoms with E-state index in [1.165, 1.54) is 29.9 Å². The molecule has 0 aliphatic heterocycles. The fourth-order valence-corrected chi connectivity index (χ4v) is 6.69. The zero-order valence-electron chi connectivity index (χ0n) is 17.6. The number of rotatable bonds is 6. The maximum absolute atomic E-state index is 13.7. The van der Waals surface area contributed by atoms with E-state index in [2.05, 4.69) is 11.0 Å². The smallest absolute Gasteiger partial charge is 0.250 e. The van der Waals surface area contributed by atoms with Gasteiger partial charge in [-0.3, -0.25) is 9.59 Å². The minimum atomic E-state index is -0.127. The standard InChI is InChI=1S/C25H30N2O3/c1-30-22-6-4-5-18(12-22)16-27(24(29)17-26-8-3-2-7-23(26)28)25-13-19-9-20(14-25)11-21(10-19)15-25/h2-8,12,19-21H,9-11,13-17H2,1H3. The molecule has 0 saturated heterocycles. The third-order valence-electron chi connectivity index (χ3n) is 7.56. The van der Waals surface area contributed by atoms with Crippen molar-refractivity contribution in [2.75, 3.05) is 7.11 Å². The summed E-state index contributed by atoms with van der Waals surface area (Å²) < 4.78 is 6.94. The Morgan fingerprint density at radius 1 is 1.07 bits per heavy atom. The Morgan fingerprint density at radius 2 is 1.77 bits per heavy atom. The van der Waals surface area contributed by atoms with E-state index in [1.54, 1.807) is 19.4 Å². The van der Waals surface area contributed by atoms with E-state index in [0.717, 1.165) is 48.3 Å². The summed E-state index contributed by atoms with van der Waals surface area (Å²) >= 11 is 0. The van der Waals surface area contributed by atoms with Gasteiger partial charge in [0.15, 0.2) is 0 Å². The molecule has 4 aliphatic carbocycles. The zero-order valence-corrected chi connectivity index (χ0v) is 17.6. The Hall–Kier alpha value is -2.56. The van der Waals surface area contributed by atoms with Gasteiger partial charge in [0.25, 0.3) is 5.56 Å². The van der Waals surface area contributed by atoms with Crippen LogP contribution in [0.25, 0.3) is 0 Å². The number of hydrogen-bond acceptors (Lipinski definition) is 3. The van der Waals surface area contributed by atoms with Crippen LogP contribution in [0.15, 0.2) is 53.5 Å². The molecule has 1 amide bonds. The largest absolute Gasteiger partial charge is 0.497 e. The molecular weight excluding hydrogens is 376 g/mol. The SMILES string of the molecule is COc1cccc(CN(C(=O)Cn2ccccc2=O)C23CC4CC(CC(C4)C2)C3)c1. The molecule has 4 fully saturated rings. The zero-order chi connectivity index (χ0) is 20.7. The number of hydrogen-bond donors (Lipinski definition) is 0. The average Bonchev–Trinajstić information content (AvgIpc) is 2.72.